The van der Waals surface area contributed by atoms with Gasteiger partial charge in [0.15, 0.2) is 0 Å². The minimum Gasteiger partial charge on any atom is -0.373 e. The van der Waals surface area contributed by atoms with Crippen molar-refractivity contribution in [3.8, 4) is 0 Å². The summed E-state index contributed by atoms with van der Waals surface area (Å²) in [5.41, 5.74) is 8.41. The third-order valence-electron chi connectivity index (χ3n) is 3.74. The maximum absolute atomic E-state index is 5.99. The van der Waals surface area contributed by atoms with Crippen molar-refractivity contribution in [1.82, 2.24) is 14.7 Å². The van der Waals surface area contributed by atoms with Crippen LogP contribution in [-0.4, -0.2) is 46.5 Å². The smallest absolute Gasteiger partial charge is 0.0678 e. The molecule has 2 heterocycles. The Balaban J connectivity index is 2.20. The van der Waals surface area contributed by atoms with Gasteiger partial charge in [-0.25, -0.2) is 0 Å². The van der Waals surface area contributed by atoms with Crippen LogP contribution in [0.4, 0.5) is 0 Å². The molecule has 1 fully saturated rings. The summed E-state index contributed by atoms with van der Waals surface area (Å²) in [6.45, 7) is 8.81. The van der Waals surface area contributed by atoms with Crippen molar-refractivity contribution in [3.63, 3.8) is 0 Å². The first kappa shape index (κ1) is 13.5. The summed E-state index contributed by atoms with van der Waals surface area (Å²) >= 11 is 0. The molecule has 0 aromatic carbocycles. The highest BCUT2D eigenvalue weighted by atomic mass is 16.5. The van der Waals surface area contributed by atoms with Crippen LogP contribution in [0.2, 0.25) is 0 Å². The van der Waals surface area contributed by atoms with E-state index in [-0.39, 0.29) is 18.2 Å². The van der Waals surface area contributed by atoms with Gasteiger partial charge in [-0.1, -0.05) is 0 Å². The number of morpholine rings is 1. The summed E-state index contributed by atoms with van der Waals surface area (Å²) in [5, 5.41) is 4.32. The highest BCUT2D eigenvalue weighted by molar-refractivity contribution is 5.21. The van der Waals surface area contributed by atoms with Crippen molar-refractivity contribution in [2.75, 3.05) is 19.6 Å². The Morgan fingerprint density at radius 3 is 2.50 bits per heavy atom. The van der Waals surface area contributed by atoms with E-state index in [1.165, 1.54) is 11.3 Å². The number of aryl methyl sites for hydroxylation is 1. The predicted molar refractivity (Wildman–Crippen MR) is 71.3 cm³/mol. The highest BCUT2D eigenvalue weighted by Crippen LogP contribution is 2.25. The Morgan fingerprint density at radius 2 is 2.06 bits per heavy atom. The Morgan fingerprint density at radius 1 is 1.44 bits per heavy atom. The molecule has 102 valence electrons. The van der Waals surface area contributed by atoms with Crippen LogP contribution in [0, 0.1) is 6.92 Å². The average molecular weight is 252 g/mol. The zero-order chi connectivity index (χ0) is 13.3. The van der Waals surface area contributed by atoms with Gasteiger partial charge in [-0.3, -0.25) is 9.58 Å². The number of nitrogens with two attached hydrogens (primary N) is 1. The number of hydrogen-bond donors (Lipinski definition) is 1. The normalized spacial score (nSPS) is 27.4. The van der Waals surface area contributed by atoms with Crippen LogP contribution in [0.25, 0.3) is 0 Å². The van der Waals surface area contributed by atoms with Gasteiger partial charge >= 0.3 is 0 Å². The van der Waals surface area contributed by atoms with Crippen molar-refractivity contribution >= 4 is 0 Å². The molecule has 0 radical (unpaired) electrons. The number of aromatic nitrogens is 2. The molecule has 0 spiro atoms. The zero-order valence-electron chi connectivity index (χ0n) is 11.8. The van der Waals surface area contributed by atoms with Crippen LogP contribution >= 0.6 is 0 Å². The third kappa shape index (κ3) is 2.58. The van der Waals surface area contributed by atoms with Gasteiger partial charge in [0, 0.05) is 37.9 Å². The SMILES string of the molecule is Cc1c(C(CN)N2C[C@@H](C)O[C@@H](C)C2)cnn1C. The fourth-order valence-electron chi connectivity index (χ4n) is 2.79. The Kier molecular flexibility index (Phi) is 4.04. The molecule has 1 aromatic heterocycles. The van der Waals surface area contributed by atoms with E-state index in [4.69, 9.17) is 10.5 Å². The molecular formula is C13H24N4O. The van der Waals surface area contributed by atoms with Crippen molar-refractivity contribution in [1.29, 1.82) is 0 Å². The van der Waals surface area contributed by atoms with Gasteiger partial charge in [0.25, 0.3) is 0 Å². The lowest BCUT2D eigenvalue weighted by Gasteiger charge is -2.39. The number of rotatable bonds is 3. The van der Waals surface area contributed by atoms with Crippen LogP contribution in [0.15, 0.2) is 6.20 Å². The third-order valence-corrected chi connectivity index (χ3v) is 3.74. The van der Waals surface area contributed by atoms with E-state index in [0.717, 1.165) is 13.1 Å². The van der Waals surface area contributed by atoms with E-state index >= 15 is 0 Å². The lowest BCUT2D eigenvalue weighted by Crippen LogP contribution is -2.48. The summed E-state index contributed by atoms with van der Waals surface area (Å²) < 4.78 is 7.69. The molecule has 1 aromatic rings. The molecule has 5 heteroatoms. The zero-order valence-corrected chi connectivity index (χ0v) is 11.8. The van der Waals surface area contributed by atoms with Crippen molar-refractivity contribution in [2.45, 2.75) is 39.0 Å². The van der Waals surface area contributed by atoms with Crippen LogP contribution in [0.1, 0.15) is 31.1 Å². The molecule has 0 bridgehead atoms. The second-order valence-electron chi connectivity index (χ2n) is 5.27. The lowest BCUT2D eigenvalue weighted by atomic mass is 10.0. The summed E-state index contributed by atoms with van der Waals surface area (Å²) in [6.07, 6.45) is 2.47. The first-order chi connectivity index (χ1) is 8.52. The van der Waals surface area contributed by atoms with Gasteiger partial charge in [-0.2, -0.15) is 5.10 Å². The van der Waals surface area contributed by atoms with Crippen molar-refractivity contribution in [3.05, 3.63) is 17.5 Å². The summed E-state index contributed by atoms with van der Waals surface area (Å²) in [4.78, 5) is 2.42. The molecule has 0 saturated carbocycles. The number of ether oxygens (including phenoxy) is 1. The second kappa shape index (κ2) is 5.38. The lowest BCUT2D eigenvalue weighted by molar-refractivity contribution is -0.0800. The fourth-order valence-corrected chi connectivity index (χ4v) is 2.79. The molecule has 2 rings (SSSR count). The molecule has 1 aliphatic rings. The second-order valence-corrected chi connectivity index (χ2v) is 5.27. The molecule has 2 N–H and O–H groups in total. The van der Waals surface area contributed by atoms with E-state index in [1.54, 1.807) is 0 Å². The van der Waals surface area contributed by atoms with Crippen LogP contribution < -0.4 is 5.73 Å². The molecule has 18 heavy (non-hydrogen) atoms. The number of nitrogens with zero attached hydrogens (tertiary/aromatic N) is 3. The maximum atomic E-state index is 5.99. The highest BCUT2D eigenvalue weighted by Gasteiger charge is 2.29. The minimum absolute atomic E-state index is 0.243. The van der Waals surface area contributed by atoms with E-state index in [2.05, 4.69) is 30.8 Å². The van der Waals surface area contributed by atoms with Gasteiger partial charge in [0.2, 0.25) is 0 Å². The summed E-state index contributed by atoms with van der Waals surface area (Å²) in [6, 6.07) is 0.243. The molecule has 0 amide bonds. The topological polar surface area (TPSA) is 56.3 Å². The molecule has 5 nitrogen and oxygen atoms in total. The minimum atomic E-state index is 0.243. The van der Waals surface area contributed by atoms with Crippen molar-refractivity contribution < 1.29 is 4.74 Å². The predicted octanol–water partition coefficient (Wildman–Crippen LogP) is 0.838. The molecule has 3 atom stereocenters. The van der Waals surface area contributed by atoms with Gasteiger partial charge < -0.3 is 10.5 Å². The Bertz CT molecular complexity index is 394. The Hall–Kier alpha value is -0.910. The van der Waals surface area contributed by atoms with E-state index in [0.29, 0.717) is 6.54 Å². The quantitative estimate of drug-likeness (QED) is 0.866. The standard InChI is InChI=1S/C13H24N4O/c1-9-7-17(8-10(2)18-9)13(5-14)12-6-15-16(4)11(12)3/h6,9-10,13H,5,7-8,14H2,1-4H3/t9-,10+,13?. The fraction of sp³-hybridized carbons (Fsp3) is 0.769. The van der Waals surface area contributed by atoms with E-state index in [1.807, 2.05) is 17.9 Å². The maximum Gasteiger partial charge on any atom is 0.0678 e. The average Bonchev–Trinajstić information content (AvgIpc) is 2.61. The first-order valence-corrected chi connectivity index (χ1v) is 6.61. The van der Waals surface area contributed by atoms with E-state index < -0.39 is 0 Å². The first-order valence-electron chi connectivity index (χ1n) is 6.61. The van der Waals surface area contributed by atoms with Crippen LogP contribution in [0.3, 0.4) is 0 Å². The summed E-state index contributed by atoms with van der Waals surface area (Å²) in [5.74, 6) is 0. The van der Waals surface area contributed by atoms with Gasteiger partial charge in [-0.15, -0.1) is 0 Å². The van der Waals surface area contributed by atoms with Gasteiger partial charge in [-0.05, 0) is 20.8 Å². The van der Waals surface area contributed by atoms with Crippen LogP contribution in [0.5, 0.6) is 0 Å². The number of hydrogen-bond acceptors (Lipinski definition) is 4. The van der Waals surface area contributed by atoms with E-state index in [9.17, 15) is 0 Å². The largest absolute Gasteiger partial charge is 0.373 e. The molecule has 0 aliphatic carbocycles. The monoisotopic (exact) mass is 252 g/mol. The molecule has 1 aliphatic heterocycles. The van der Waals surface area contributed by atoms with Crippen LogP contribution in [-0.2, 0) is 11.8 Å². The van der Waals surface area contributed by atoms with Gasteiger partial charge in [0.1, 0.15) is 0 Å². The van der Waals surface area contributed by atoms with Crippen molar-refractivity contribution in [2.24, 2.45) is 12.8 Å². The Labute approximate surface area is 109 Å². The van der Waals surface area contributed by atoms with Gasteiger partial charge in [0.05, 0.1) is 24.4 Å². The molecular weight excluding hydrogens is 228 g/mol. The summed E-state index contributed by atoms with van der Waals surface area (Å²) in [7, 11) is 1.97. The molecule has 1 saturated heterocycles. The molecule has 1 unspecified atom stereocenters.